The third-order valence-corrected chi connectivity index (χ3v) is 10.9. The summed E-state index contributed by atoms with van der Waals surface area (Å²) in [5, 5.41) is 1.03. The quantitative estimate of drug-likeness (QED) is 0.143. The normalized spacial score (nSPS) is 11.7. The van der Waals surface area contributed by atoms with Crippen molar-refractivity contribution in [2.75, 3.05) is 0 Å². The molecule has 5 heteroatoms. The van der Waals surface area contributed by atoms with Crippen LogP contribution in [-0.4, -0.2) is 14.5 Å². The van der Waals surface area contributed by atoms with Gasteiger partial charge in [0.1, 0.15) is 0 Å². The van der Waals surface area contributed by atoms with Crippen molar-refractivity contribution >= 4 is 22.0 Å². The van der Waals surface area contributed by atoms with Gasteiger partial charge in [0.15, 0.2) is 0 Å². The number of rotatable bonds is 8. The maximum absolute atomic E-state index is 6.03. The van der Waals surface area contributed by atoms with Crippen molar-refractivity contribution < 1.29 is 24.5 Å². The van der Waals surface area contributed by atoms with Crippen molar-refractivity contribution in [1.29, 1.82) is 0 Å². The predicted octanol–water partition coefficient (Wildman–Crippen LogP) is 15.2. The van der Waals surface area contributed by atoms with Crippen LogP contribution in [0.25, 0.3) is 72.6 Å². The molecule has 0 atom stereocenters. The minimum Gasteiger partial charge on any atom is -0.557 e. The van der Waals surface area contributed by atoms with Crippen LogP contribution in [0.4, 0.5) is 0 Å². The zero-order chi connectivity index (χ0) is 42.7. The van der Waals surface area contributed by atoms with Crippen molar-refractivity contribution in [1.82, 2.24) is 14.5 Å². The molecule has 315 valence electrons. The number of pyridine rings is 1. The van der Waals surface area contributed by atoms with Crippen LogP contribution < -0.4 is 0 Å². The molecule has 0 aliphatic heterocycles. The number of nitrogens with zero attached hydrogens (tertiary/aromatic N) is 3. The van der Waals surface area contributed by atoms with E-state index in [1.807, 2.05) is 30.5 Å². The first-order chi connectivity index (χ1) is 29.3. The molecule has 0 fully saturated rings. The molecule has 6 aromatic carbocycles. The minimum absolute atomic E-state index is 0. The minimum atomic E-state index is 0. The Bertz CT molecular complexity index is 2840. The van der Waals surface area contributed by atoms with E-state index in [2.05, 4.69) is 205 Å². The summed E-state index contributed by atoms with van der Waals surface area (Å²) in [6, 6.07) is 56.1. The molecule has 3 heterocycles. The van der Waals surface area contributed by atoms with Crippen LogP contribution in [0.1, 0.15) is 72.1 Å². The Hall–Kier alpha value is -5.87. The average Bonchev–Trinajstić information content (AvgIpc) is 3.84. The van der Waals surface area contributed by atoms with Gasteiger partial charge in [-0.15, -0.1) is 35.9 Å². The molecule has 3 aromatic heterocycles. The van der Waals surface area contributed by atoms with Crippen LogP contribution >= 0.6 is 0 Å². The second-order valence-corrected chi connectivity index (χ2v) is 18.7. The fraction of sp³-hybridized carbons (Fsp3) is 0.228. The van der Waals surface area contributed by atoms with Gasteiger partial charge in [0.05, 0.1) is 22.5 Å². The van der Waals surface area contributed by atoms with E-state index < -0.39 is 0 Å². The van der Waals surface area contributed by atoms with Crippen molar-refractivity contribution in [3.05, 3.63) is 187 Å². The van der Waals surface area contributed by atoms with Crippen molar-refractivity contribution in [3.63, 3.8) is 0 Å². The Morgan fingerprint density at radius 1 is 0.694 bits per heavy atom. The summed E-state index contributed by atoms with van der Waals surface area (Å²) >= 11 is 0. The maximum atomic E-state index is 6.03. The Morgan fingerprint density at radius 2 is 1.34 bits per heavy atom. The molecule has 62 heavy (non-hydrogen) atoms. The molecule has 0 spiro atoms. The van der Waals surface area contributed by atoms with E-state index in [0.29, 0.717) is 5.92 Å². The average molecular weight is 990 g/mol. The summed E-state index contributed by atoms with van der Waals surface area (Å²) in [6.07, 6.45) is 7.36. The van der Waals surface area contributed by atoms with Gasteiger partial charge in [0, 0.05) is 49.3 Å². The summed E-state index contributed by atoms with van der Waals surface area (Å²) in [7, 11) is 0. The number of furan rings is 1. The number of fused-ring (bicyclic) bond motifs is 2. The van der Waals surface area contributed by atoms with Gasteiger partial charge >= 0.3 is 0 Å². The topological polar surface area (TPSA) is 43.9 Å². The maximum Gasteiger partial charge on any atom is 0.0774 e. The van der Waals surface area contributed by atoms with Gasteiger partial charge in [0.25, 0.3) is 0 Å². The fourth-order valence-corrected chi connectivity index (χ4v) is 8.30. The van der Waals surface area contributed by atoms with Crippen LogP contribution in [0.5, 0.6) is 0 Å². The zero-order valence-corrected chi connectivity index (χ0v) is 39.5. The Labute approximate surface area is 381 Å². The number of benzene rings is 6. The van der Waals surface area contributed by atoms with E-state index in [1.165, 1.54) is 16.7 Å². The Kier molecular flexibility index (Phi) is 13.3. The third-order valence-electron chi connectivity index (χ3n) is 10.9. The van der Waals surface area contributed by atoms with Gasteiger partial charge in [0.2, 0.25) is 0 Å². The van der Waals surface area contributed by atoms with Crippen molar-refractivity contribution in [2.24, 2.45) is 11.3 Å². The standard InChI is InChI=1S/C38H31N2O.C19H24N.Ir/c1-38(2,3)24-26-21-22-35-31(23-26)32(25-41-35)37-39-33-19-10-11-20-34(33)40(37)36-29(27-13-6-4-7-14-27)17-12-18-30(36)28-15-8-5-9-16-28;1-14(2)11-16-12-18(15-9-7-6-8-10-15)20-13-17(16)19(3,4)5;/h4-23H,24H2,1-3H3;6-9,12-14H,11H2,1-5H3;/q2*-1;. The predicted molar refractivity (Wildman–Crippen MR) is 255 cm³/mol. The fourth-order valence-electron chi connectivity index (χ4n) is 8.30. The van der Waals surface area contributed by atoms with Gasteiger partial charge in [-0.2, -0.15) is 0 Å². The molecule has 0 bridgehead atoms. The molecule has 0 saturated heterocycles. The van der Waals surface area contributed by atoms with E-state index >= 15 is 0 Å². The second kappa shape index (κ2) is 18.6. The van der Waals surface area contributed by atoms with Gasteiger partial charge in [-0.1, -0.05) is 187 Å². The van der Waals surface area contributed by atoms with Crippen molar-refractivity contribution in [2.45, 2.75) is 73.6 Å². The molecule has 1 radical (unpaired) electrons. The first kappa shape index (κ1) is 44.2. The SMILES string of the molecule is CC(C)(C)Cc1ccc2o[c-]c(-c3nc4ccccc4n3-c3c(-c4ccccc4)cccc3-c3ccccc3)c2c1.CC(C)Cc1cc(-c2[c-]cccc2)ncc1C(C)(C)C.[Ir]. The summed E-state index contributed by atoms with van der Waals surface area (Å²) in [5.41, 5.74) is 15.8. The molecule has 0 aliphatic rings. The van der Waals surface area contributed by atoms with Gasteiger partial charge in [-0.05, 0) is 69.7 Å². The molecule has 4 nitrogen and oxygen atoms in total. The molecule has 0 unspecified atom stereocenters. The van der Waals surface area contributed by atoms with Crippen molar-refractivity contribution in [3.8, 4) is 50.6 Å². The number of hydrogen-bond donors (Lipinski definition) is 0. The first-order valence-electron chi connectivity index (χ1n) is 21.5. The molecule has 0 amide bonds. The molecule has 9 rings (SSSR count). The third kappa shape index (κ3) is 9.76. The smallest absolute Gasteiger partial charge is 0.0774 e. The molecule has 0 saturated carbocycles. The molecule has 0 N–H and O–H groups in total. The zero-order valence-electron chi connectivity index (χ0n) is 37.1. The van der Waals surface area contributed by atoms with Gasteiger partial charge in [-0.3, -0.25) is 4.98 Å². The van der Waals surface area contributed by atoms with E-state index in [4.69, 9.17) is 9.40 Å². The number of hydrogen-bond acceptors (Lipinski definition) is 3. The number of aromatic nitrogens is 3. The molecule has 9 aromatic rings. The second-order valence-electron chi connectivity index (χ2n) is 18.7. The Balaban J connectivity index is 0.000000233. The van der Waals surface area contributed by atoms with Crippen LogP contribution in [0.2, 0.25) is 0 Å². The number of para-hydroxylation sites is 3. The van der Waals surface area contributed by atoms with E-state index in [-0.39, 0.29) is 30.9 Å². The van der Waals surface area contributed by atoms with E-state index in [1.54, 1.807) is 0 Å². The van der Waals surface area contributed by atoms with Crippen LogP contribution in [-0.2, 0) is 38.4 Å². The van der Waals surface area contributed by atoms with E-state index in [0.717, 1.165) is 85.4 Å². The van der Waals surface area contributed by atoms with E-state index in [9.17, 15) is 0 Å². The Morgan fingerprint density at radius 3 is 1.95 bits per heavy atom. The van der Waals surface area contributed by atoms with Crippen LogP contribution in [0.3, 0.4) is 0 Å². The van der Waals surface area contributed by atoms with Gasteiger partial charge in [-0.25, -0.2) is 0 Å². The van der Waals surface area contributed by atoms with Crippen LogP contribution in [0, 0.1) is 23.7 Å². The summed E-state index contributed by atoms with van der Waals surface area (Å²) in [4.78, 5) is 9.88. The molecular formula is C57H55IrN3O-2. The van der Waals surface area contributed by atoms with Crippen LogP contribution in [0.15, 0.2) is 162 Å². The monoisotopic (exact) mass is 990 g/mol. The summed E-state index contributed by atoms with van der Waals surface area (Å²) < 4.78 is 8.33. The largest absolute Gasteiger partial charge is 0.557 e. The summed E-state index contributed by atoms with van der Waals surface area (Å²) in [6.45, 7) is 18.1. The first-order valence-corrected chi connectivity index (χ1v) is 21.5. The molecular weight excluding hydrogens is 935 g/mol. The van der Waals surface area contributed by atoms with Gasteiger partial charge < -0.3 is 14.0 Å². The summed E-state index contributed by atoms with van der Waals surface area (Å²) in [5.74, 6) is 1.46. The number of imidazole rings is 1. The molecule has 0 aliphatic carbocycles.